The van der Waals surface area contributed by atoms with Gasteiger partial charge in [-0.15, -0.1) is 0 Å². The van der Waals surface area contributed by atoms with E-state index in [0.29, 0.717) is 48.3 Å². The third-order valence-corrected chi connectivity index (χ3v) is 6.70. The van der Waals surface area contributed by atoms with Crippen molar-refractivity contribution in [2.75, 3.05) is 32.2 Å². The fraction of sp³-hybridized carbons (Fsp3) is 0.360. The van der Waals surface area contributed by atoms with Gasteiger partial charge in [-0.2, -0.15) is 0 Å². The Bertz CT molecular complexity index is 1520. The predicted octanol–water partition coefficient (Wildman–Crippen LogP) is 2.81. The van der Waals surface area contributed by atoms with E-state index in [2.05, 4.69) is 14.9 Å². The number of anilines is 1. The number of hydrogen-bond acceptors (Lipinski definition) is 7. The molecule has 1 saturated heterocycles. The molecule has 4 aromatic rings. The van der Waals surface area contributed by atoms with Crippen molar-refractivity contribution in [2.24, 2.45) is 7.05 Å². The van der Waals surface area contributed by atoms with Crippen LogP contribution >= 0.6 is 0 Å². The molecule has 0 bridgehead atoms. The summed E-state index contributed by atoms with van der Waals surface area (Å²) in [6, 6.07) is 9.17. The minimum absolute atomic E-state index is 0.171. The van der Waals surface area contributed by atoms with Crippen molar-refractivity contribution in [1.29, 1.82) is 0 Å². The number of rotatable bonds is 4. The zero-order valence-corrected chi connectivity index (χ0v) is 19.7. The topological polar surface area (TPSA) is 91.5 Å². The highest BCUT2D eigenvalue weighted by molar-refractivity contribution is 5.92. The fourth-order valence-corrected chi connectivity index (χ4v) is 4.87. The highest BCUT2D eigenvalue weighted by atomic mass is 16.5. The summed E-state index contributed by atoms with van der Waals surface area (Å²) in [7, 11) is 4.92. The summed E-state index contributed by atoms with van der Waals surface area (Å²) in [5.41, 5.74) is 1.92. The number of fused-ring (bicyclic) bond motifs is 2. The van der Waals surface area contributed by atoms with Gasteiger partial charge in [-0.1, -0.05) is 11.6 Å². The number of ether oxygens (including phenoxy) is 2. The molecule has 9 nitrogen and oxygen atoms in total. The van der Waals surface area contributed by atoms with Crippen LogP contribution in [0.5, 0.6) is 11.5 Å². The lowest BCUT2D eigenvalue weighted by Crippen LogP contribution is -2.45. The lowest BCUT2D eigenvalue weighted by molar-refractivity contribution is 0.355. The molecule has 0 spiro atoms. The van der Waals surface area contributed by atoms with Gasteiger partial charge in [0.1, 0.15) is 12.1 Å². The van der Waals surface area contributed by atoms with Crippen LogP contribution in [0.2, 0.25) is 0 Å². The molecule has 34 heavy (non-hydrogen) atoms. The molecular weight excluding hydrogens is 434 g/mol. The van der Waals surface area contributed by atoms with Crippen LogP contribution in [0, 0.1) is 6.92 Å². The summed E-state index contributed by atoms with van der Waals surface area (Å²) >= 11 is 0. The molecule has 0 radical (unpaired) electrons. The van der Waals surface area contributed by atoms with E-state index in [4.69, 9.17) is 9.47 Å². The summed E-state index contributed by atoms with van der Waals surface area (Å²) in [6.07, 6.45) is 2.86. The second kappa shape index (κ2) is 8.48. The van der Waals surface area contributed by atoms with Crippen molar-refractivity contribution in [3.05, 3.63) is 63.1 Å². The Morgan fingerprint density at radius 3 is 2.35 bits per heavy atom. The van der Waals surface area contributed by atoms with Gasteiger partial charge in [0.2, 0.25) is 0 Å². The number of benzene rings is 2. The van der Waals surface area contributed by atoms with Gasteiger partial charge in [0.25, 0.3) is 5.56 Å². The Morgan fingerprint density at radius 1 is 0.941 bits per heavy atom. The number of aryl methyl sites for hydroxylation is 2. The minimum Gasteiger partial charge on any atom is -0.493 e. The molecule has 1 aliphatic heterocycles. The van der Waals surface area contributed by atoms with Crippen molar-refractivity contribution < 1.29 is 9.47 Å². The standard InChI is InChI=1S/C25H27N5O4/c1-15-5-6-20-18(11-15)24(31)30(25(32)28(20)2)16-7-9-29(10-8-16)23-17-12-21(33-3)22(34-4)13-19(17)26-14-27-23/h5-6,11-14,16H,7-10H2,1-4H3. The van der Waals surface area contributed by atoms with Gasteiger partial charge in [-0.3, -0.25) is 13.9 Å². The first-order chi connectivity index (χ1) is 16.4. The minimum atomic E-state index is -0.274. The molecule has 176 valence electrons. The Labute approximate surface area is 196 Å². The summed E-state index contributed by atoms with van der Waals surface area (Å²) in [6.45, 7) is 3.27. The highest BCUT2D eigenvalue weighted by Crippen LogP contribution is 2.36. The molecule has 0 amide bonds. The maximum Gasteiger partial charge on any atom is 0.331 e. The van der Waals surface area contributed by atoms with Crippen LogP contribution in [-0.4, -0.2) is 46.4 Å². The first kappa shape index (κ1) is 21.9. The quantitative estimate of drug-likeness (QED) is 0.462. The van der Waals surface area contributed by atoms with E-state index in [-0.39, 0.29) is 17.3 Å². The number of piperidine rings is 1. The predicted molar refractivity (Wildman–Crippen MR) is 131 cm³/mol. The first-order valence-electron chi connectivity index (χ1n) is 11.3. The second-order valence-corrected chi connectivity index (χ2v) is 8.68. The van der Waals surface area contributed by atoms with Crippen LogP contribution in [0.4, 0.5) is 5.82 Å². The largest absolute Gasteiger partial charge is 0.493 e. The van der Waals surface area contributed by atoms with Crippen molar-refractivity contribution in [3.63, 3.8) is 0 Å². The van der Waals surface area contributed by atoms with E-state index in [9.17, 15) is 9.59 Å². The van der Waals surface area contributed by atoms with Crippen LogP contribution in [0.1, 0.15) is 24.4 Å². The molecular formula is C25H27N5O4. The monoisotopic (exact) mass is 461 g/mol. The molecule has 0 saturated carbocycles. The van der Waals surface area contributed by atoms with E-state index in [1.807, 2.05) is 37.3 Å². The van der Waals surface area contributed by atoms with E-state index in [1.165, 1.54) is 4.57 Å². The maximum absolute atomic E-state index is 13.3. The van der Waals surface area contributed by atoms with Crippen LogP contribution in [0.25, 0.3) is 21.8 Å². The van der Waals surface area contributed by atoms with Crippen molar-refractivity contribution in [2.45, 2.75) is 25.8 Å². The Balaban J connectivity index is 1.48. The van der Waals surface area contributed by atoms with Crippen molar-refractivity contribution in [3.8, 4) is 11.5 Å². The van der Waals surface area contributed by atoms with E-state index in [0.717, 1.165) is 22.3 Å². The molecule has 1 fully saturated rings. The number of nitrogens with zero attached hydrogens (tertiary/aromatic N) is 5. The van der Waals surface area contributed by atoms with Crippen molar-refractivity contribution in [1.82, 2.24) is 19.1 Å². The third kappa shape index (κ3) is 3.48. The van der Waals surface area contributed by atoms with E-state index >= 15 is 0 Å². The molecule has 0 N–H and O–H groups in total. The van der Waals surface area contributed by atoms with Crippen LogP contribution in [-0.2, 0) is 7.05 Å². The fourth-order valence-electron chi connectivity index (χ4n) is 4.87. The molecule has 0 aliphatic carbocycles. The van der Waals surface area contributed by atoms with E-state index in [1.54, 1.807) is 32.2 Å². The Morgan fingerprint density at radius 2 is 1.65 bits per heavy atom. The highest BCUT2D eigenvalue weighted by Gasteiger charge is 2.26. The molecule has 0 atom stereocenters. The lowest BCUT2D eigenvalue weighted by atomic mass is 10.0. The van der Waals surface area contributed by atoms with Gasteiger partial charge in [-0.25, -0.2) is 14.8 Å². The summed E-state index contributed by atoms with van der Waals surface area (Å²) in [5.74, 6) is 2.03. The third-order valence-electron chi connectivity index (χ3n) is 6.70. The van der Waals surface area contributed by atoms with Gasteiger partial charge in [0.05, 0.1) is 30.6 Å². The smallest absolute Gasteiger partial charge is 0.331 e. The van der Waals surface area contributed by atoms with Gasteiger partial charge in [0.15, 0.2) is 11.5 Å². The SMILES string of the molecule is COc1cc2ncnc(N3CCC(n4c(=O)c5cc(C)ccc5n(C)c4=O)CC3)c2cc1OC. The zero-order valence-electron chi connectivity index (χ0n) is 19.7. The summed E-state index contributed by atoms with van der Waals surface area (Å²) < 4.78 is 13.9. The molecule has 2 aromatic carbocycles. The Kier molecular flexibility index (Phi) is 5.47. The average Bonchev–Trinajstić information content (AvgIpc) is 2.86. The van der Waals surface area contributed by atoms with Crippen LogP contribution in [0.15, 0.2) is 46.2 Å². The van der Waals surface area contributed by atoms with Crippen LogP contribution < -0.4 is 25.6 Å². The molecule has 9 heteroatoms. The zero-order chi connectivity index (χ0) is 24.0. The second-order valence-electron chi connectivity index (χ2n) is 8.68. The van der Waals surface area contributed by atoms with Gasteiger partial charge in [0, 0.05) is 37.6 Å². The maximum atomic E-state index is 13.3. The lowest BCUT2D eigenvalue weighted by Gasteiger charge is -2.34. The molecule has 1 aliphatic rings. The van der Waals surface area contributed by atoms with Gasteiger partial charge < -0.3 is 14.4 Å². The molecule has 3 heterocycles. The van der Waals surface area contributed by atoms with Gasteiger partial charge in [-0.05, 0) is 38.0 Å². The summed E-state index contributed by atoms with van der Waals surface area (Å²) in [5, 5.41) is 1.44. The number of methoxy groups -OCH3 is 2. The van der Waals surface area contributed by atoms with Crippen LogP contribution in [0.3, 0.4) is 0 Å². The number of hydrogen-bond donors (Lipinski definition) is 0. The van der Waals surface area contributed by atoms with E-state index < -0.39 is 0 Å². The average molecular weight is 462 g/mol. The van der Waals surface area contributed by atoms with Crippen molar-refractivity contribution >= 4 is 27.6 Å². The molecule has 0 unspecified atom stereocenters. The number of aromatic nitrogens is 4. The molecule has 5 rings (SSSR count). The van der Waals surface area contributed by atoms with Gasteiger partial charge >= 0.3 is 5.69 Å². The Hall–Kier alpha value is -3.88. The molecule has 2 aromatic heterocycles. The normalized spacial score (nSPS) is 14.6. The first-order valence-corrected chi connectivity index (χ1v) is 11.3. The summed E-state index contributed by atoms with van der Waals surface area (Å²) in [4.78, 5) is 37.5.